The topological polar surface area (TPSA) is 85.0 Å². The number of aliphatic hydroxyl groups excluding tert-OH is 1. The molecule has 3 aliphatic carbocycles. The lowest BCUT2D eigenvalue weighted by Gasteiger charge is -2.55. The molecule has 4 aliphatic rings. The Morgan fingerprint density at radius 2 is 1.81 bits per heavy atom. The lowest BCUT2D eigenvalue weighted by molar-refractivity contribution is -0.163. The van der Waals surface area contributed by atoms with Crippen LogP contribution in [0.25, 0.3) is 0 Å². The van der Waals surface area contributed by atoms with Crippen molar-refractivity contribution in [2.45, 2.75) is 50.0 Å². The molecule has 3 saturated carbocycles. The largest absolute Gasteiger partial charge is 0.489 e. The quantitative estimate of drug-likeness (QED) is 0.627. The SMILES string of the molecule is NC/C(=C\F)COc1ccc(C23CCC(C(=O)N4CC(OCCO)C4)(CC2)CC3)cc1. The number of nitrogens with zero attached hydrogens (tertiary/aromatic N) is 1. The highest BCUT2D eigenvalue weighted by molar-refractivity contribution is 5.84. The summed E-state index contributed by atoms with van der Waals surface area (Å²) < 4.78 is 23.8. The minimum atomic E-state index is -0.204. The first-order chi connectivity index (χ1) is 15.0. The van der Waals surface area contributed by atoms with Gasteiger partial charge in [-0.25, -0.2) is 4.39 Å². The van der Waals surface area contributed by atoms with Crippen molar-refractivity contribution < 1.29 is 23.8 Å². The monoisotopic (exact) mass is 432 g/mol. The predicted molar refractivity (Wildman–Crippen MR) is 115 cm³/mol. The van der Waals surface area contributed by atoms with E-state index in [-0.39, 0.29) is 36.7 Å². The molecule has 31 heavy (non-hydrogen) atoms. The van der Waals surface area contributed by atoms with E-state index >= 15 is 0 Å². The van der Waals surface area contributed by atoms with Crippen molar-refractivity contribution in [3.8, 4) is 5.75 Å². The average Bonchev–Trinajstić information content (AvgIpc) is 2.80. The molecule has 1 heterocycles. The van der Waals surface area contributed by atoms with Gasteiger partial charge in [0.05, 0.1) is 25.6 Å². The summed E-state index contributed by atoms with van der Waals surface area (Å²) in [6, 6.07) is 8.14. The number of aliphatic hydroxyl groups is 1. The smallest absolute Gasteiger partial charge is 0.228 e. The predicted octanol–water partition coefficient (Wildman–Crippen LogP) is 2.69. The zero-order valence-electron chi connectivity index (χ0n) is 18.0. The number of rotatable bonds is 9. The summed E-state index contributed by atoms with van der Waals surface area (Å²) in [6.45, 7) is 1.96. The second-order valence-electron chi connectivity index (χ2n) is 9.27. The van der Waals surface area contributed by atoms with Crippen molar-refractivity contribution in [2.75, 3.05) is 39.5 Å². The van der Waals surface area contributed by atoms with Gasteiger partial charge in [-0.3, -0.25) is 4.79 Å². The van der Waals surface area contributed by atoms with E-state index in [1.54, 1.807) is 0 Å². The zero-order chi connectivity index (χ0) is 21.9. The molecule has 1 aliphatic heterocycles. The minimum absolute atomic E-state index is 0.0208. The van der Waals surface area contributed by atoms with Gasteiger partial charge in [-0.05, 0) is 61.6 Å². The van der Waals surface area contributed by atoms with E-state index in [1.165, 1.54) is 5.56 Å². The fourth-order valence-corrected chi connectivity index (χ4v) is 5.42. The van der Waals surface area contributed by atoms with Crippen LogP contribution in [0.3, 0.4) is 0 Å². The Bertz CT molecular complexity index is 780. The summed E-state index contributed by atoms with van der Waals surface area (Å²) in [5.41, 5.74) is 7.14. The summed E-state index contributed by atoms with van der Waals surface area (Å²) in [6.07, 6.45) is 6.46. The van der Waals surface area contributed by atoms with Crippen molar-refractivity contribution in [3.63, 3.8) is 0 Å². The summed E-state index contributed by atoms with van der Waals surface area (Å²) >= 11 is 0. The number of likely N-dealkylation sites (tertiary alicyclic amines) is 1. The van der Waals surface area contributed by atoms with Crippen molar-refractivity contribution in [3.05, 3.63) is 41.7 Å². The number of benzene rings is 1. The first-order valence-electron chi connectivity index (χ1n) is 11.3. The molecule has 6 nitrogen and oxygen atoms in total. The molecular formula is C24H33FN2O4. The van der Waals surface area contributed by atoms with Crippen LogP contribution >= 0.6 is 0 Å². The Morgan fingerprint density at radius 1 is 1.16 bits per heavy atom. The summed E-state index contributed by atoms with van der Waals surface area (Å²) in [4.78, 5) is 15.1. The normalized spacial score (nSPS) is 28.5. The summed E-state index contributed by atoms with van der Waals surface area (Å²) in [5, 5.41) is 8.87. The second-order valence-corrected chi connectivity index (χ2v) is 9.27. The number of hydrogen-bond donors (Lipinski definition) is 2. The lowest BCUT2D eigenvalue weighted by atomic mass is 9.51. The third-order valence-electron chi connectivity index (χ3n) is 7.59. The molecule has 3 N–H and O–H groups in total. The molecule has 0 spiro atoms. The number of ether oxygens (including phenoxy) is 2. The molecular weight excluding hydrogens is 399 g/mol. The molecule has 0 aromatic heterocycles. The van der Waals surface area contributed by atoms with E-state index < -0.39 is 0 Å². The molecule has 1 aromatic carbocycles. The number of halogens is 1. The Balaban J connectivity index is 1.33. The third kappa shape index (κ3) is 4.36. The number of amides is 1. The van der Waals surface area contributed by atoms with E-state index in [1.807, 2.05) is 17.0 Å². The standard InChI is InChI=1S/C24H33FN2O4/c25-13-18(14-26)17-31-20-3-1-19(2-4-20)23-5-8-24(9-6-23,10-7-23)22(29)27-15-21(16-27)30-12-11-28/h1-4,13,21,28H,5-12,14-17,26H2/b18-13+. The fraction of sp³-hybridized carbons (Fsp3) is 0.625. The van der Waals surface area contributed by atoms with Gasteiger partial charge in [0.15, 0.2) is 0 Å². The van der Waals surface area contributed by atoms with Gasteiger partial charge in [0.2, 0.25) is 5.91 Å². The number of hydrogen-bond acceptors (Lipinski definition) is 5. The van der Waals surface area contributed by atoms with Crippen molar-refractivity contribution in [2.24, 2.45) is 11.1 Å². The Hall–Kier alpha value is -1.96. The second kappa shape index (κ2) is 9.27. The lowest BCUT2D eigenvalue weighted by Crippen LogP contribution is -2.61. The van der Waals surface area contributed by atoms with Gasteiger partial charge >= 0.3 is 0 Å². The Labute approximate surface area is 183 Å². The van der Waals surface area contributed by atoms with Crippen LogP contribution in [-0.4, -0.2) is 61.5 Å². The van der Waals surface area contributed by atoms with E-state index in [0.717, 1.165) is 38.5 Å². The molecule has 4 fully saturated rings. The van der Waals surface area contributed by atoms with Crippen molar-refractivity contribution >= 4 is 5.91 Å². The van der Waals surface area contributed by atoms with Gasteiger partial charge in [-0.1, -0.05) is 12.1 Å². The van der Waals surface area contributed by atoms with Crippen LogP contribution in [0.4, 0.5) is 4.39 Å². The van der Waals surface area contributed by atoms with Gasteiger partial charge in [-0.2, -0.15) is 0 Å². The zero-order valence-corrected chi connectivity index (χ0v) is 18.0. The van der Waals surface area contributed by atoms with Gasteiger partial charge in [0.1, 0.15) is 12.4 Å². The number of carbonyl (C=O) groups is 1. The molecule has 170 valence electrons. The minimum Gasteiger partial charge on any atom is -0.489 e. The average molecular weight is 433 g/mol. The molecule has 1 aromatic rings. The van der Waals surface area contributed by atoms with Gasteiger partial charge in [-0.15, -0.1) is 0 Å². The Kier molecular flexibility index (Phi) is 6.65. The van der Waals surface area contributed by atoms with Crippen LogP contribution in [-0.2, 0) is 14.9 Å². The van der Waals surface area contributed by atoms with Gasteiger partial charge in [0.25, 0.3) is 0 Å². The van der Waals surface area contributed by atoms with Crippen LogP contribution in [0.2, 0.25) is 0 Å². The maximum Gasteiger partial charge on any atom is 0.228 e. The van der Waals surface area contributed by atoms with E-state index in [4.69, 9.17) is 20.3 Å². The maximum atomic E-state index is 13.2. The highest BCUT2D eigenvalue weighted by Crippen LogP contribution is 2.58. The van der Waals surface area contributed by atoms with Crippen LogP contribution in [0.1, 0.15) is 44.1 Å². The molecule has 2 bridgehead atoms. The molecule has 0 atom stereocenters. The maximum absolute atomic E-state index is 13.2. The van der Waals surface area contributed by atoms with E-state index in [9.17, 15) is 9.18 Å². The fourth-order valence-electron chi connectivity index (χ4n) is 5.42. The van der Waals surface area contributed by atoms with Crippen molar-refractivity contribution in [1.29, 1.82) is 0 Å². The highest BCUT2D eigenvalue weighted by Gasteiger charge is 2.55. The van der Waals surface area contributed by atoms with Gasteiger partial charge < -0.3 is 25.2 Å². The highest BCUT2D eigenvalue weighted by atomic mass is 19.1. The number of nitrogens with two attached hydrogens (primary N) is 1. The first kappa shape index (κ1) is 22.2. The first-order valence-corrected chi connectivity index (χ1v) is 11.3. The molecule has 1 amide bonds. The molecule has 0 radical (unpaired) electrons. The van der Waals surface area contributed by atoms with Crippen LogP contribution in [0, 0.1) is 5.41 Å². The molecule has 1 saturated heterocycles. The third-order valence-corrected chi connectivity index (χ3v) is 7.59. The number of carbonyl (C=O) groups excluding carboxylic acids is 1. The Morgan fingerprint density at radius 3 is 2.35 bits per heavy atom. The molecule has 5 rings (SSSR count). The van der Waals surface area contributed by atoms with Crippen LogP contribution in [0.5, 0.6) is 5.75 Å². The van der Waals surface area contributed by atoms with E-state index in [0.29, 0.717) is 43.3 Å². The van der Waals surface area contributed by atoms with Crippen molar-refractivity contribution in [1.82, 2.24) is 4.90 Å². The molecule has 0 unspecified atom stereocenters. The van der Waals surface area contributed by atoms with Crippen LogP contribution < -0.4 is 10.5 Å². The van der Waals surface area contributed by atoms with Gasteiger partial charge in [0, 0.05) is 30.6 Å². The number of fused-ring (bicyclic) bond motifs is 3. The van der Waals surface area contributed by atoms with Crippen LogP contribution in [0.15, 0.2) is 36.2 Å². The van der Waals surface area contributed by atoms with E-state index in [2.05, 4.69) is 12.1 Å². The summed E-state index contributed by atoms with van der Waals surface area (Å²) in [7, 11) is 0. The molecule has 7 heteroatoms. The summed E-state index contributed by atoms with van der Waals surface area (Å²) in [5.74, 6) is 1.00.